The summed E-state index contributed by atoms with van der Waals surface area (Å²) in [6.07, 6.45) is 3.73. The van der Waals surface area contributed by atoms with Crippen LogP contribution < -0.4 is 16.0 Å². The van der Waals surface area contributed by atoms with Crippen LogP contribution in [0.1, 0.15) is 30.4 Å². The lowest BCUT2D eigenvalue weighted by atomic mass is 10.0. The quantitative estimate of drug-likeness (QED) is 0.265. The van der Waals surface area contributed by atoms with Crippen LogP contribution in [0.5, 0.6) is 0 Å². The Kier molecular flexibility index (Phi) is 10.0. The Morgan fingerprint density at radius 3 is 2.50 bits per heavy atom. The summed E-state index contributed by atoms with van der Waals surface area (Å²) < 4.78 is 0.899. The molecule has 1 saturated heterocycles. The zero-order valence-corrected chi connectivity index (χ0v) is 23.7. The van der Waals surface area contributed by atoms with Crippen LogP contribution in [0.2, 0.25) is 10.0 Å². The van der Waals surface area contributed by atoms with Crippen LogP contribution in [0, 0.1) is 0 Å². The maximum Gasteiger partial charge on any atom is 0.326 e. The van der Waals surface area contributed by atoms with Crippen molar-refractivity contribution in [2.45, 2.75) is 37.9 Å². The lowest BCUT2D eigenvalue weighted by Gasteiger charge is -2.32. The van der Waals surface area contributed by atoms with E-state index < -0.39 is 30.4 Å². The fraction of sp³-hybridized carbons (Fsp3) is 0.286. The summed E-state index contributed by atoms with van der Waals surface area (Å²) in [5.41, 5.74) is 1.51. The third kappa shape index (κ3) is 7.74. The normalized spacial score (nSPS) is 14.7. The average molecular weight is 604 g/mol. The van der Waals surface area contributed by atoms with Gasteiger partial charge in [0.15, 0.2) is 0 Å². The number of carboxylic acid groups (broad SMARTS) is 1. The van der Waals surface area contributed by atoms with Crippen molar-refractivity contribution in [3.8, 4) is 0 Å². The Balaban J connectivity index is 1.22. The van der Waals surface area contributed by atoms with Crippen LogP contribution in [-0.4, -0.2) is 59.0 Å². The van der Waals surface area contributed by atoms with Gasteiger partial charge in [-0.05, 0) is 52.9 Å². The second kappa shape index (κ2) is 13.6. The molecule has 2 heterocycles. The molecule has 0 aliphatic carbocycles. The highest BCUT2D eigenvalue weighted by Gasteiger charge is 2.27. The zero-order valence-electron chi connectivity index (χ0n) is 21.4. The molecular formula is C28H28Cl2N4O5S. The van der Waals surface area contributed by atoms with E-state index in [0.29, 0.717) is 41.5 Å². The van der Waals surface area contributed by atoms with Crippen LogP contribution in [0.25, 0.3) is 16.2 Å². The number of urea groups is 1. The van der Waals surface area contributed by atoms with Crippen molar-refractivity contribution < 1.29 is 24.3 Å². The second-order valence-electron chi connectivity index (χ2n) is 9.34. The minimum atomic E-state index is -1.38. The molecule has 1 aromatic heterocycles. The van der Waals surface area contributed by atoms with Gasteiger partial charge in [0.25, 0.3) is 0 Å². The molecule has 12 heteroatoms. The van der Waals surface area contributed by atoms with Crippen molar-refractivity contribution in [3.63, 3.8) is 0 Å². The molecule has 40 heavy (non-hydrogen) atoms. The standard InChI is InChI=1S/C28H28Cl2N4O5S/c29-24-18(14-19-10-13-40-26(19)25(24)30)6-7-23(36)34-11-8-20(9-12-34)32-22(35)15-21(27(37)38)33-28(39)31-16-17-4-2-1-3-5-17/h1-7,10,13-14,20-21H,8-9,11-12,15-16H2,(H,32,35)(H,37,38)(H2,31,33,39). The molecule has 1 fully saturated rings. The number of amides is 4. The van der Waals surface area contributed by atoms with Gasteiger partial charge in [0, 0.05) is 31.8 Å². The Labute approximate surface area is 245 Å². The largest absolute Gasteiger partial charge is 0.480 e. The molecule has 210 valence electrons. The zero-order chi connectivity index (χ0) is 28.6. The van der Waals surface area contributed by atoms with Gasteiger partial charge in [-0.3, -0.25) is 9.59 Å². The van der Waals surface area contributed by atoms with Gasteiger partial charge in [0.05, 0.1) is 21.2 Å². The highest BCUT2D eigenvalue weighted by molar-refractivity contribution is 7.18. The molecule has 0 radical (unpaired) electrons. The molecule has 1 aliphatic rings. The third-order valence-corrected chi connectivity index (χ3v) is 8.46. The summed E-state index contributed by atoms with van der Waals surface area (Å²) in [7, 11) is 0. The van der Waals surface area contributed by atoms with Gasteiger partial charge < -0.3 is 26.0 Å². The number of fused-ring (bicyclic) bond motifs is 1. The summed E-state index contributed by atoms with van der Waals surface area (Å²) in [5, 5.41) is 21.0. The molecule has 4 N–H and O–H groups in total. The number of nitrogens with one attached hydrogen (secondary N) is 3. The van der Waals surface area contributed by atoms with Gasteiger partial charge in [0.1, 0.15) is 6.04 Å². The van der Waals surface area contributed by atoms with Crippen molar-refractivity contribution in [1.82, 2.24) is 20.9 Å². The van der Waals surface area contributed by atoms with E-state index in [-0.39, 0.29) is 18.5 Å². The number of carbonyl (C=O) groups is 4. The number of likely N-dealkylation sites (tertiary alicyclic amines) is 1. The van der Waals surface area contributed by atoms with Gasteiger partial charge in [0.2, 0.25) is 11.8 Å². The van der Waals surface area contributed by atoms with Gasteiger partial charge in [-0.25, -0.2) is 9.59 Å². The first-order chi connectivity index (χ1) is 19.2. The fourth-order valence-corrected chi connectivity index (χ4v) is 5.80. The number of carboxylic acids is 1. The minimum Gasteiger partial charge on any atom is -0.480 e. The molecule has 9 nitrogen and oxygen atoms in total. The van der Waals surface area contributed by atoms with Crippen molar-refractivity contribution >= 4 is 74.5 Å². The molecule has 4 rings (SSSR count). The number of rotatable bonds is 9. The van der Waals surface area contributed by atoms with Crippen LogP contribution in [0.3, 0.4) is 0 Å². The number of nitrogens with zero attached hydrogens (tertiary/aromatic N) is 1. The number of aliphatic carboxylic acids is 1. The van der Waals surface area contributed by atoms with Crippen LogP contribution in [0.15, 0.2) is 53.9 Å². The van der Waals surface area contributed by atoms with E-state index in [0.717, 1.165) is 15.6 Å². The van der Waals surface area contributed by atoms with Gasteiger partial charge in [-0.2, -0.15) is 0 Å². The Hall–Kier alpha value is -3.60. The van der Waals surface area contributed by atoms with Gasteiger partial charge >= 0.3 is 12.0 Å². The predicted octanol–water partition coefficient (Wildman–Crippen LogP) is 4.67. The third-order valence-electron chi connectivity index (χ3n) is 6.52. The first kappa shape index (κ1) is 29.4. The van der Waals surface area contributed by atoms with Crippen molar-refractivity contribution in [2.24, 2.45) is 0 Å². The van der Waals surface area contributed by atoms with E-state index in [9.17, 15) is 24.3 Å². The Morgan fingerprint density at radius 1 is 1.07 bits per heavy atom. The molecule has 2 aromatic carbocycles. The maximum atomic E-state index is 12.7. The summed E-state index contributed by atoms with van der Waals surface area (Å²) in [6, 6.07) is 10.7. The molecule has 4 amide bonds. The number of hydrogen-bond acceptors (Lipinski definition) is 5. The first-order valence-corrected chi connectivity index (χ1v) is 14.3. The maximum absolute atomic E-state index is 12.7. The molecule has 1 atom stereocenters. The minimum absolute atomic E-state index is 0.181. The number of benzene rings is 2. The predicted molar refractivity (Wildman–Crippen MR) is 156 cm³/mol. The monoisotopic (exact) mass is 602 g/mol. The molecule has 0 bridgehead atoms. The molecule has 3 aromatic rings. The van der Waals surface area contributed by atoms with Crippen molar-refractivity contribution in [2.75, 3.05) is 13.1 Å². The number of carbonyl (C=O) groups excluding carboxylic acids is 3. The number of hydrogen-bond donors (Lipinski definition) is 4. The Bertz CT molecular complexity index is 1420. The van der Waals surface area contributed by atoms with Gasteiger partial charge in [-0.15, -0.1) is 11.3 Å². The van der Waals surface area contributed by atoms with Crippen LogP contribution in [0.4, 0.5) is 4.79 Å². The van der Waals surface area contributed by atoms with E-state index in [1.54, 1.807) is 11.0 Å². The van der Waals surface area contributed by atoms with Crippen LogP contribution >= 0.6 is 34.5 Å². The summed E-state index contributed by atoms with van der Waals surface area (Å²) >= 11 is 14.2. The molecule has 0 spiro atoms. The van der Waals surface area contributed by atoms with E-state index in [2.05, 4.69) is 16.0 Å². The number of halogens is 2. The van der Waals surface area contributed by atoms with E-state index >= 15 is 0 Å². The molecular weight excluding hydrogens is 575 g/mol. The summed E-state index contributed by atoms with van der Waals surface area (Å²) in [4.78, 5) is 50.7. The van der Waals surface area contributed by atoms with Gasteiger partial charge in [-0.1, -0.05) is 53.5 Å². The lowest BCUT2D eigenvalue weighted by molar-refractivity contribution is -0.141. The fourth-order valence-electron chi connectivity index (χ4n) is 4.36. The van der Waals surface area contributed by atoms with Crippen molar-refractivity contribution in [1.29, 1.82) is 0 Å². The molecule has 0 saturated carbocycles. The summed E-state index contributed by atoms with van der Waals surface area (Å²) in [6.45, 7) is 1.08. The van der Waals surface area contributed by atoms with E-state index in [1.165, 1.54) is 17.4 Å². The van der Waals surface area contributed by atoms with E-state index in [4.69, 9.17) is 23.2 Å². The highest BCUT2D eigenvalue weighted by atomic mass is 35.5. The van der Waals surface area contributed by atoms with E-state index in [1.807, 2.05) is 47.8 Å². The Morgan fingerprint density at radius 2 is 1.80 bits per heavy atom. The van der Waals surface area contributed by atoms with Crippen molar-refractivity contribution in [3.05, 3.63) is 75.1 Å². The first-order valence-electron chi connectivity index (χ1n) is 12.6. The summed E-state index contributed by atoms with van der Waals surface area (Å²) in [5.74, 6) is -1.98. The van der Waals surface area contributed by atoms with Crippen LogP contribution in [-0.2, 0) is 20.9 Å². The molecule has 1 aliphatic heterocycles. The SMILES string of the molecule is O=C(CC(NC(=O)NCc1ccccc1)C(=O)O)NC1CCN(C(=O)C=Cc2cc3ccsc3c(Cl)c2Cl)CC1. The highest BCUT2D eigenvalue weighted by Crippen LogP contribution is 2.37. The average Bonchev–Trinajstić information content (AvgIpc) is 3.42. The lowest BCUT2D eigenvalue weighted by Crippen LogP contribution is -2.50. The molecule has 1 unspecified atom stereocenters. The smallest absolute Gasteiger partial charge is 0.326 e. The number of thiophene rings is 1. The number of piperidine rings is 1. The second-order valence-corrected chi connectivity index (χ2v) is 11.0. The topological polar surface area (TPSA) is 128 Å².